The van der Waals surface area contributed by atoms with Crippen molar-refractivity contribution >= 4 is 5.78 Å². The quantitative estimate of drug-likeness (QED) is 0.850. The highest BCUT2D eigenvalue weighted by molar-refractivity contribution is 6.02. The summed E-state index contributed by atoms with van der Waals surface area (Å²) >= 11 is 0. The molecule has 19 heavy (non-hydrogen) atoms. The Balaban J connectivity index is 2.38. The van der Waals surface area contributed by atoms with E-state index < -0.39 is 0 Å². The fourth-order valence-electron chi connectivity index (χ4n) is 2.46. The van der Waals surface area contributed by atoms with Crippen LogP contribution in [0.2, 0.25) is 0 Å². The van der Waals surface area contributed by atoms with E-state index in [4.69, 9.17) is 4.74 Å². The van der Waals surface area contributed by atoms with Gasteiger partial charge in [-0.3, -0.25) is 4.79 Å². The number of rotatable bonds is 3. The molecule has 0 amide bonds. The number of benzene rings is 1. The lowest BCUT2D eigenvalue weighted by molar-refractivity contribution is 0.0949. The lowest BCUT2D eigenvalue weighted by atomic mass is 9.85. The second-order valence-electron chi connectivity index (χ2n) is 6.18. The van der Waals surface area contributed by atoms with Crippen molar-refractivity contribution in [3.05, 3.63) is 29.3 Å². The minimum Gasteiger partial charge on any atom is -0.496 e. The molecule has 1 atom stereocenters. The van der Waals surface area contributed by atoms with E-state index in [9.17, 15) is 4.79 Å². The van der Waals surface area contributed by atoms with Crippen LogP contribution in [-0.4, -0.2) is 25.5 Å². The molecule has 104 valence electrons. The van der Waals surface area contributed by atoms with E-state index in [0.717, 1.165) is 24.9 Å². The minimum absolute atomic E-state index is 0.0321. The van der Waals surface area contributed by atoms with Crippen molar-refractivity contribution in [2.75, 3.05) is 13.7 Å². The molecular formula is C16H23NO2. The Labute approximate surface area is 115 Å². The van der Waals surface area contributed by atoms with E-state index >= 15 is 0 Å². The van der Waals surface area contributed by atoms with E-state index in [-0.39, 0.29) is 17.2 Å². The highest BCUT2D eigenvalue weighted by Gasteiger charge is 2.27. The van der Waals surface area contributed by atoms with Crippen LogP contribution in [-0.2, 0) is 5.41 Å². The van der Waals surface area contributed by atoms with Gasteiger partial charge in [-0.05, 0) is 42.5 Å². The number of ketones is 1. The maximum absolute atomic E-state index is 12.6. The third-order valence-electron chi connectivity index (χ3n) is 3.71. The van der Waals surface area contributed by atoms with Crippen LogP contribution >= 0.6 is 0 Å². The summed E-state index contributed by atoms with van der Waals surface area (Å²) in [4.78, 5) is 12.6. The summed E-state index contributed by atoms with van der Waals surface area (Å²) in [6.07, 6.45) is 1.99. The summed E-state index contributed by atoms with van der Waals surface area (Å²) in [7, 11) is 1.62. The predicted octanol–water partition coefficient (Wildman–Crippen LogP) is 2.93. The fraction of sp³-hybridized carbons (Fsp3) is 0.562. The second kappa shape index (κ2) is 5.33. The van der Waals surface area contributed by atoms with Gasteiger partial charge in [-0.15, -0.1) is 0 Å². The molecule has 0 spiro atoms. The highest BCUT2D eigenvalue weighted by Crippen LogP contribution is 2.29. The first kappa shape index (κ1) is 14.1. The van der Waals surface area contributed by atoms with Crippen molar-refractivity contribution in [1.82, 2.24) is 5.32 Å². The predicted molar refractivity (Wildman–Crippen MR) is 77.0 cm³/mol. The van der Waals surface area contributed by atoms with Gasteiger partial charge in [-0.25, -0.2) is 0 Å². The maximum atomic E-state index is 12.6. The summed E-state index contributed by atoms with van der Waals surface area (Å²) in [6.45, 7) is 7.38. The first-order chi connectivity index (χ1) is 8.93. The Morgan fingerprint density at radius 1 is 1.37 bits per heavy atom. The van der Waals surface area contributed by atoms with E-state index in [0.29, 0.717) is 11.3 Å². The Bertz CT molecular complexity index is 468. The molecule has 1 heterocycles. The topological polar surface area (TPSA) is 38.3 Å². The van der Waals surface area contributed by atoms with Crippen LogP contribution in [0, 0.1) is 0 Å². The van der Waals surface area contributed by atoms with E-state index in [1.54, 1.807) is 7.11 Å². The molecule has 1 aliphatic rings. The van der Waals surface area contributed by atoms with Gasteiger partial charge >= 0.3 is 0 Å². The molecule has 1 fully saturated rings. The summed E-state index contributed by atoms with van der Waals surface area (Å²) in [5.74, 6) is 0.826. The molecule has 1 unspecified atom stereocenters. The molecule has 0 aromatic heterocycles. The average Bonchev–Trinajstić information content (AvgIpc) is 2.90. The van der Waals surface area contributed by atoms with Crippen LogP contribution in [0.15, 0.2) is 18.2 Å². The van der Waals surface area contributed by atoms with Crippen molar-refractivity contribution in [2.24, 2.45) is 0 Å². The van der Waals surface area contributed by atoms with Crippen LogP contribution < -0.4 is 10.1 Å². The number of ether oxygens (including phenoxy) is 1. The van der Waals surface area contributed by atoms with Crippen molar-refractivity contribution in [2.45, 2.75) is 45.1 Å². The van der Waals surface area contributed by atoms with Crippen LogP contribution in [0.1, 0.15) is 49.5 Å². The van der Waals surface area contributed by atoms with Gasteiger partial charge in [0.1, 0.15) is 5.75 Å². The Kier molecular flexibility index (Phi) is 3.95. The van der Waals surface area contributed by atoms with Gasteiger partial charge in [0.2, 0.25) is 0 Å². The van der Waals surface area contributed by atoms with Crippen molar-refractivity contribution in [3.63, 3.8) is 0 Å². The molecule has 3 heteroatoms. The van der Waals surface area contributed by atoms with E-state index in [1.165, 1.54) is 0 Å². The third kappa shape index (κ3) is 2.98. The normalized spacial score (nSPS) is 19.5. The third-order valence-corrected chi connectivity index (χ3v) is 3.71. The number of hydrogen-bond donors (Lipinski definition) is 1. The van der Waals surface area contributed by atoms with Gasteiger partial charge in [-0.1, -0.05) is 26.8 Å². The van der Waals surface area contributed by atoms with Crippen molar-refractivity contribution in [3.8, 4) is 5.75 Å². The zero-order valence-corrected chi connectivity index (χ0v) is 12.2. The second-order valence-corrected chi connectivity index (χ2v) is 6.18. The molecular weight excluding hydrogens is 238 g/mol. The maximum Gasteiger partial charge on any atom is 0.183 e. The van der Waals surface area contributed by atoms with Gasteiger partial charge in [0.05, 0.1) is 18.7 Å². The first-order valence-corrected chi connectivity index (χ1v) is 6.89. The number of Topliss-reactive ketones (excluding diaryl/α,β-unsaturated/α-hetero) is 1. The van der Waals surface area contributed by atoms with Crippen LogP contribution in [0.4, 0.5) is 0 Å². The molecule has 0 bridgehead atoms. The number of nitrogens with one attached hydrogen (secondary N) is 1. The van der Waals surface area contributed by atoms with Crippen molar-refractivity contribution in [1.29, 1.82) is 0 Å². The lowest BCUT2D eigenvalue weighted by Gasteiger charge is -2.21. The van der Waals surface area contributed by atoms with Crippen LogP contribution in [0.3, 0.4) is 0 Å². The molecule has 1 N–H and O–H groups in total. The smallest absolute Gasteiger partial charge is 0.183 e. The van der Waals surface area contributed by atoms with Gasteiger partial charge in [0, 0.05) is 0 Å². The van der Waals surface area contributed by atoms with Gasteiger partial charge in [0.15, 0.2) is 5.78 Å². The molecule has 2 rings (SSSR count). The lowest BCUT2D eigenvalue weighted by Crippen LogP contribution is -2.31. The SMILES string of the molecule is COc1ccc(C(C)(C)C)cc1C(=O)C1CCCN1. The highest BCUT2D eigenvalue weighted by atomic mass is 16.5. The Hall–Kier alpha value is -1.35. The van der Waals surface area contributed by atoms with E-state index in [2.05, 4.69) is 26.1 Å². The first-order valence-electron chi connectivity index (χ1n) is 6.89. The number of methoxy groups -OCH3 is 1. The molecule has 3 nitrogen and oxygen atoms in total. The molecule has 0 radical (unpaired) electrons. The largest absolute Gasteiger partial charge is 0.496 e. The summed E-state index contributed by atoms with van der Waals surface area (Å²) in [6, 6.07) is 5.88. The zero-order valence-electron chi connectivity index (χ0n) is 12.2. The number of carbonyl (C=O) groups is 1. The molecule has 1 aromatic rings. The van der Waals surface area contributed by atoms with Gasteiger partial charge < -0.3 is 10.1 Å². The molecule has 1 aromatic carbocycles. The average molecular weight is 261 g/mol. The minimum atomic E-state index is -0.0517. The summed E-state index contributed by atoms with van der Waals surface area (Å²) in [5, 5.41) is 3.26. The zero-order chi connectivity index (χ0) is 14.0. The Morgan fingerprint density at radius 2 is 2.11 bits per heavy atom. The van der Waals surface area contributed by atoms with Crippen LogP contribution in [0.5, 0.6) is 5.75 Å². The van der Waals surface area contributed by atoms with Crippen LogP contribution in [0.25, 0.3) is 0 Å². The monoisotopic (exact) mass is 261 g/mol. The fourth-order valence-corrected chi connectivity index (χ4v) is 2.46. The summed E-state index contributed by atoms with van der Waals surface area (Å²) in [5.41, 5.74) is 1.90. The summed E-state index contributed by atoms with van der Waals surface area (Å²) < 4.78 is 5.35. The molecule has 0 saturated carbocycles. The van der Waals surface area contributed by atoms with Gasteiger partial charge in [0.25, 0.3) is 0 Å². The van der Waals surface area contributed by atoms with Gasteiger partial charge in [-0.2, -0.15) is 0 Å². The molecule has 1 aliphatic heterocycles. The molecule has 1 saturated heterocycles. The number of hydrogen-bond acceptors (Lipinski definition) is 3. The number of carbonyl (C=O) groups excluding carboxylic acids is 1. The van der Waals surface area contributed by atoms with E-state index in [1.807, 2.05) is 18.2 Å². The Morgan fingerprint density at radius 3 is 2.63 bits per heavy atom. The molecule has 0 aliphatic carbocycles. The standard InChI is InChI=1S/C16H23NO2/c1-16(2,3)11-7-8-14(19-4)12(10-11)15(18)13-6-5-9-17-13/h7-8,10,13,17H,5-6,9H2,1-4H3. The van der Waals surface area contributed by atoms with Crippen molar-refractivity contribution < 1.29 is 9.53 Å².